The van der Waals surface area contributed by atoms with Gasteiger partial charge in [-0.1, -0.05) is 12.8 Å². The SMILES string of the molecule is CC(N)C(=O)N(C)C1CCCCC1NC(=O)OC(C)(C)C. The summed E-state index contributed by atoms with van der Waals surface area (Å²) in [6, 6.07) is -0.634. The molecule has 122 valence electrons. The van der Waals surface area contributed by atoms with Crippen molar-refractivity contribution in [3.8, 4) is 0 Å². The van der Waals surface area contributed by atoms with Gasteiger partial charge in [-0.25, -0.2) is 4.79 Å². The van der Waals surface area contributed by atoms with Gasteiger partial charge in [0, 0.05) is 7.05 Å². The van der Waals surface area contributed by atoms with Gasteiger partial charge in [-0.2, -0.15) is 0 Å². The number of carbonyl (C=O) groups excluding carboxylic acids is 2. The Kier molecular flexibility index (Phi) is 6.01. The Bertz CT molecular complexity index is 377. The van der Waals surface area contributed by atoms with E-state index < -0.39 is 17.7 Å². The van der Waals surface area contributed by atoms with E-state index in [1.807, 2.05) is 20.8 Å². The first-order chi connectivity index (χ1) is 9.61. The third-order valence-electron chi connectivity index (χ3n) is 3.67. The highest BCUT2D eigenvalue weighted by Gasteiger charge is 2.33. The molecule has 0 aliphatic heterocycles. The molecule has 21 heavy (non-hydrogen) atoms. The zero-order valence-corrected chi connectivity index (χ0v) is 13.8. The molecule has 1 rings (SSSR count). The number of rotatable bonds is 3. The van der Waals surface area contributed by atoms with Gasteiger partial charge < -0.3 is 20.7 Å². The number of carbonyl (C=O) groups is 2. The second-order valence-electron chi connectivity index (χ2n) is 6.84. The summed E-state index contributed by atoms with van der Waals surface area (Å²) in [5.41, 5.74) is 5.14. The van der Waals surface area contributed by atoms with Crippen molar-refractivity contribution in [3.63, 3.8) is 0 Å². The van der Waals surface area contributed by atoms with Crippen LogP contribution < -0.4 is 11.1 Å². The Balaban J connectivity index is 2.69. The molecule has 1 saturated carbocycles. The molecule has 0 radical (unpaired) electrons. The lowest BCUT2D eigenvalue weighted by molar-refractivity contribution is -0.134. The lowest BCUT2D eigenvalue weighted by Crippen LogP contribution is -2.56. The minimum absolute atomic E-state index is 0.0234. The first kappa shape index (κ1) is 17.8. The number of amides is 2. The van der Waals surface area contributed by atoms with E-state index in [9.17, 15) is 9.59 Å². The van der Waals surface area contributed by atoms with Crippen LogP contribution in [0.1, 0.15) is 53.4 Å². The van der Waals surface area contributed by atoms with Gasteiger partial charge in [0.05, 0.1) is 18.1 Å². The van der Waals surface area contributed by atoms with Gasteiger partial charge in [0.25, 0.3) is 0 Å². The minimum atomic E-state index is -0.529. The van der Waals surface area contributed by atoms with Gasteiger partial charge in [-0.3, -0.25) is 4.79 Å². The maximum atomic E-state index is 12.1. The highest BCUT2D eigenvalue weighted by molar-refractivity contribution is 5.81. The fourth-order valence-electron chi connectivity index (χ4n) is 2.69. The van der Waals surface area contributed by atoms with Crippen LogP contribution in [-0.4, -0.2) is 47.7 Å². The molecule has 6 nitrogen and oxygen atoms in total. The number of hydrogen-bond donors (Lipinski definition) is 2. The van der Waals surface area contributed by atoms with Gasteiger partial charge in [-0.15, -0.1) is 0 Å². The van der Waals surface area contributed by atoms with Crippen LogP contribution in [0.3, 0.4) is 0 Å². The number of hydrogen-bond acceptors (Lipinski definition) is 4. The van der Waals surface area contributed by atoms with E-state index in [2.05, 4.69) is 5.32 Å². The second kappa shape index (κ2) is 7.11. The first-order valence-electron chi connectivity index (χ1n) is 7.63. The molecular formula is C15H29N3O3. The van der Waals surface area contributed by atoms with Crippen molar-refractivity contribution in [2.75, 3.05) is 7.05 Å². The first-order valence-corrected chi connectivity index (χ1v) is 7.63. The largest absolute Gasteiger partial charge is 0.444 e. The molecule has 0 aromatic rings. The molecule has 0 heterocycles. The van der Waals surface area contributed by atoms with Crippen molar-refractivity contribution in [2.45, 2.75) is 77.1 Å². The number of nitrogens with one attached hydrogen (secondary N) is 1. The van der Waals surface area contributed by atoms with Crippen molar-refractivity contribution >= 4 is 12.0 Å². The maximum Gasteiger partial charge on any atom is 0.407 e. The van der Waals surface area contributed by atoms with Gasteiger partial charge in [-0.05, 0) is 40.5 Å². The van der Waals surface area contributed by atoms with Crippen molar-refractivity contribution in [1.82, 2.24) is 10.2 Å². The lowest BCUT2D eigenvalue weighted by Gasteiger charge is -2.39. The van der Waals surface area contributed by atoms with Crippen molar-refractivity contribution in [2.24, 2.45) is 5.73 Å². The van der Waals surface area contributed by atoms with Gasteiger partial charge >= 0.3 is 6.09 Å². The minimum Gasteiger partial charge on any atom is -0.444 e. The summed E-state index contributed by atoms with van der Waals surface area (Å²) in [5, 5.41) is 2.90. The fraction of sp³-hybridized carbons (Fsp3) is 0.867. The molecule has 1 fully saturated rings. The van der Waals surface area contributed by atoms with Gasteiger partial charge in [0.2, 0.25) is 5.91 Å². The van der Waals surface area contributed by atoms with Gasteiger partial charge in [0.15, 0.2) is 0 Å². The predicted molar refractivity (Wildman–Crippen MR) is 81.8 cm³/mol. The van der Waals surface area contributed by atoms with E-state index >= 15 is 0 Å². The van der Waals surface area contributed by atoms with Crippen LogP contribution in [0.5, 0.6) is 0 Å². The Morgan fingerprint density at radius 1 is 1.29 bits per heavy atom. The summed E-state index contributed by atoms with van der Waals surface area (Å²) < 4.78 is 5.30. The summed E-state index contributed by atoms with van der Waals surface area (Å²) in [5.74, 6) is -0.0992. The summed E-state index contributed by atoms with van der Waals surface area (Å²) in [7, 11) is 1.76. The van der Waals surface area contributed by atoms with Crippen LogP contribution in [0.15, 0.2) is 0 Å². The zero-order valence-electron chi connectivity index (χ0n) is 13.8. The average Bonchev–Trinajstić information content (AvgIpc) is 2.35. The van der Waals surface area contributed by atoms with E-state index in [0.29, 0.717) is 0 Å². The highest BCUT2D eigenvalue weighted by Crippen LogP contribution is 2.23. The molecule has 0 saturated heterocycles. The van der Waals surface area contributed by atoms with E-state index in [4.69, 9.17) is 10.5 Å². The number of alkyl carbamates (subject to hydrolysis) is 1. The van der Waals surface area contributed by atoms with E-state index in [1.54, 1.807) is 18.9 Å². The molecule has 0 bridgehead atoms. The quantitative estimate of drug-likeness (QED) is 0.829. The van der Waals surface area contributed by atoms with Crippen molar-refractivity contribution < 1.29 is 14.3 Å². The molecule has 0 aromatic heterocycles. The molecule has 0 spiro atoms. The summed E-state index contributed by atoms with van der Waals surface area (Å²) in [6.07, 6.45) is 3.38. The number of nitrogens with two attached hydrogens (primary N) is 1. The Morgan fingerprint density at radius 2 is 1.86 bits per heavy atom. The molecule has 3 atom stereocenters. The average molecular weight is 299 g/mol. The predicted octanol–water partition coefficient (Wildman–Crippen LogP) is 1.63. The summed E-state index contributed by atoms with van der Waals surface area (Å²) in [4.78, 5) is 25.7. The highest BCUT2D eigenvalue weighted by atomic mass is 16.6. The van der Waals surface area contributed by atoms with Crippen LogP contribution in [0.25, 0.3) is 0 Å². The lowest BCUT2D eigenvalue weighted by atomic mass is 9.89. The molecule has 3 N–H and O–H groups in total. The van der Waals surface area contributed by atoms with Crippen LogP contribution >= 0.6 is 0 Å². The molecule has 1 aliphatic carbocycles. The standard InChI is InChI=1S/C15H29N3O3/c1-10(16)13(19)18(5)12-9-7-6-8-11(12)17-14(20)21-15(2,3)4/h10-12H,6-9,16H2,1-5H3,(H,17,20). The maximum absolute atomic E-state index is 12.1. The second-order valence-corrected chi connectivity index (χ2v) is 6.84. The van der Waals surface area contributed by atoms with Crippen LogP contribution in [0.4, 0.5) is 4.79 Å². The third kappa shape index (κ3) is 5.53. The topological polar surface area (TPSA) is 84.7 Å². The third-order valence-corrected chi connectivity index (χ3v) is 3.67. The Hall–Kier alpha value is -1.30. The monoisotopic (exact) mass is 299 g/mol. The van der Waals surface area contributed by atoms with Crippen LogP contribution in [0, 0.1) is 0 Å². The molecule has 3 unspecified atom stereocenters. The van der Waals surface area contributed by atoms with Crippen molar-refractivity contribution in [1.29, 1.82) is 0 Å². The smallest absolute Gasteiger partial charge is 0.407 e. The number of nitrogens with zero attached hydrogens (tertiary/aromatic N) is 1. The van der Waals surface area contributed by atoms with Gasteiger partial charge in [0.1, 0.15) is 5.60 Å². The Morgan fingerprint density at radius 3 is 2.38 bits per heavy atom. The van der Waals surface area contributed by atoms with Crippen LogP contribution in [0.2, 0.25) is 0 Å². The molecule has 6 heteroatoms. The van der Waals surface area contributed by atoms with Crippen LogP contribution in [-0.2, 0) is 9.53 Å². The summed E-state index contributed by atoms with van der Waals surface area (Å²) in [6.45, 7) is 7.17. The molecule has 1 aliphatic rings. The number of likely N-dealkylation sites (N-methyl/N-ethyl adjacent to an activating group) is 1. The fourth-order valence-corrected chi connectivity index (χ4v) is 2.69. The van der Waals surface area contributed by atoms with Crippen molar-refractivity contribution in [3.05, 3.63) is 0 Å². The summed E-state index contributed by atoms with van der Waals surface area (Å²) >= 11 is 0. The molecule has 2 amide bonds. The van der Waals surface area contributed by atoms with E-state index in [0.717, 1.165) is 25.7 Å². The normalized spacial score (nSPS) is 24.1. The molecular weight excluding hydrogens is 270 g/mol. The van der Waals surface area contributed by atoms with E-state index in [-0.39, 0.29) is 18.0 Å². The molecule has 0 aromatic carbocycles. The van der Waals surface area contributed by atoms with E-state index in [1.165, 1.54) is 0 Å². The number of ether oxygens (including phenoxy) is 1. The Labute approximate surface area is 127 Å². The zero-order chi connectivity index (χ0) is 16.2.